The normalized spacial score (nSPS) is 12.9. The predicted molar refractivity (Wildman–Crippen MR) is 89.6 cm³/mol. The average molecular weight is 262 g/mol. The van der Waals surface area contributed by atoms with Gasteiger partial charge in [-0.2, -0.15) is 0 Å². The summed E-state index contributed by atoms with van der Waals surface area (Å²) in [6.07, 6.45) is 24.8. The van der Waals surface area contributed by atoms with Gasteiger partial charge in [-0.15, -0.1) is 0 Å². The molecule has 0 amide bonds. The summed E-state index contributed by atoms with van der Waals surface area (Å²) in [4.78, 5) is 0. The molecule has 0 unspecified atom stereocenters. The van der Waals surface area contributed by atoms with E-state index in [4.69, 9.17) is 0 Å². The maximum absolute atomic E-state index is 2.32. The standard InChI is InChI=1S/C19H34/c1-4-6-8-9-10-11-12-13-14-15-16-18-19(3)17-7-5-2/h5,7,16-18H,4,6,8-15H2,1-3H3. The number of rotatable bonds is 12. The van der Waals surface area contributed by atoms with Gasteiger partial charge in [-0.25, -0.2) is 0 Å². The Balaban J connectivity index is 3.29. The first-order valence-electron chi connectivity index (χ1n) is 8.27. The number of unbranched alkanes of at least 4 members (excludes halogenated alkanes) is 9. The van der Waals surface area contributed by atoms with Crippen molar-refractivity contribution in [3.63, 3.8) is 0 Å². The number of allylic oxidation sites excluding steroid dienone is 6. The summed E-state index contributed by atoms with van der Waals surface area (Å²) in [5.74, 6) is 0. The third-order valence-electron chi connectivity index (χ3n) is 3.41. The summed E-state index contributed by atoms with van der Waals surface area (Å²) in [5.41, 5.74) is 1.34. The zero-order chi connectivity index (χ0) is 14.2. The fraction of sp³-hybridized carbons (Fsp3) is 0.684. The Labute approximate surface area is 121 Å². The highest BCUT2D eigenvalue weighted by Crippen LogP contribution is 2.10. The van der Waals surface area contributed by atoms with Gasteiger partial charge in [-0.1, -0.05) is 94.2 Å². The molecule has 19 heavy (non-hydrogen) atoms. The molecule has 0 N–H and O–H groups in total. The molecule has 0 spiro atoms. The van der Waals surface area contributed by atoms with Crippen molar-refractivity contribution in [3.05, 3.63) is 36.0 Å². The van der Waals surface area contributed by atoms with Crippen molar-refractivity contribution in [3.8, 4) is 0 Å². The van der Waals surface area contributed by atoms with Gasteiger partial charge >= 0.3 is 0 Å². The highest BCUT2D eigenvalue weighted by Gasteiger charge is 1.91. The smallest absolute Gasteiger partial charge is 0.0348 e. The molecular weight excluding hydrogens is 228 g/mol. The minimum Gasteiger partial charge on any atom is -0.0877 e. The van der Waals surface area contributed by atoms with Crippen LogP contribution in [-0.4, -0.2) is 0 Å². The second-order valence-electron chi connectivity index (χ2n) is 5.46. The molecule has 0 nitrogen and oxygen atoms in total. The lowest BCUT2D eigenvalue weighted by atomic mass is 10.1. The largest absolute Gasteiger partial charge is 0.0877 e. The van der Waals surface area contributed by atoms with E-state index < -0.39 is 0 Å². The lowest BCUT2D eigenvalue weighted by Gasteiger charge is -2.00. The van der Waals surface area contributed by atoms with Crippen LogP contribution in [0.15, 0.2) is 36.0 Å². The summed E-state index contributed by atoms with van der Waals surface area (Å²) in [7, 11) is 0. The molecule has 0 aliphatic rings. The van der Waals surface area contributed by atoms with E-state index in [1.165, 1.54) is 69.8 Å². The minimum atomic E-state index is 1.23. The van der Waals surface area contributed by atoms with Gasteiger partial charge in [0.25, 0.3) is 0 Å². The van der Waals surface area contributed by atoms with E-state index in [0.717, 1.165) is 0 Å². The maximum Gasteiger partial charge on any atom is -0.0348 e. The molecule has 0 atom stereocenters. The Morgan fingerprint density at radius 1 is 0.842 bits per heavy atom. The number of hydrogen-bond acceptors (Lipinski definition) is 0. The molecule has 0 saturated heterocycles. The first-order valence-corrected chi connectivity index (χ1v) is 8.27. The Bertz CT molecular complexity index is 255. The summed E-state index contributed by atoms with van der Waals surface area (Å²) in [6, 6.07) is 0. The molecule has 0 fully saturated rings. The second-order valence-corrected chi connectivity index (χ2v) is 5.46. The third-order valence-corrected chi connectivity index (χ3v) is 3.41. The lowest BCUT2D eigenvalue weighted by molar-refractivity contribution is 0.566. The van der Waals surface area contributed by atoms with E-state index >= 15 is 0 Å². The fourth-order valence-electron chi connectivity index (χ4n) is 2.15. The molecule has 0 aromatic carbocycles. The van der Waals surface area contributed by atoms with Crippen molar-refractivity contribution in [2.45, 2.75) is 85.0 Å². The molecule has 0 rings (SSSR count). The molecule has 0 heteroatoms. The Hall–Kier alpha value is -0.780. The van der Waals surface area contributed by atoms with Crippen molar-refractivity contribution in [2.75, 3.05) is 0 Å². The molecule has 110 valence electrons. The molecule has 0 heterocycles. The topological polar surface area (TPSA) is 0 Å². The fourth-order valence-corrected chi connectivity index (χ4v) is 2.15. The van der Waals surface area contributed by atoms with Gasteiger partial charge in [0.05, 0.1) is 0 Å². The Morgan fingerprint density at radius 2 is 1.42 bits per heavy atom. The highest BCUT2D eigenvalue weighted by molar-refractivity contribution is 5.21. The van der Waals surface area contributed by atoms with E-state index in [1.807, 2.05) is 0 Å². The molecule has 0 aromatic heterocycles. The van der Waals surface area contributed by atoms with E-state index in [2.05, 4.69) is 51.2 Å². The average Bonchev–Trinajstić information content (AvgIpc) is 2.42. The number of hydrogen-bond donors (Lipinski definition) is 0. The maximum atomic E-state index is 2.32. The summed E-state index contributed by atoms with van der Waals surface area (Å²) in [5, 5.41) is 0. The van der Waals surface area contributed by atoms with Crippen LogP contribution in [0, 0.1) is 0 Å². The van der Waals surface area contributed by atoms with Crippen molar-refractivity contribution < 1.29 is 0 Å². The monoisotopic (exact) mass is 262 g/mol. The van der Waals surface area contributed by atoms with Crippen LogP contribution in [0.2, 0.25) is 0 Å². The van der Waals surface area contributed by atoms with Gasteiger partial charge in [0, 0.05) is 0 Å². The molecular formula is C19H34. The van der Waals surface area contributed by atoms with Gasteiger partial charge in [0.1, 0.15) is 0 Å². The third kappa shape index (κ3) is 15.2. The van der Waals surface area contributed by atoms with Crippen LogP contribution in [-0.2, 0) is 0 Å². The molecule has 0 aromatic rings. The molecule has 0 radical (unpaired) electrons. The van der Waals surface area contributed by atoms with Crippen LogP contribution in [0.1, 0.15) is 85.0 Å². The first-order chi connectivity index (χ1) is 9.31. The summed E-state index contributed by atoms with van der Waals surface area (Å²) >= 11 is 0. The highest BCUT2D eigenvalue weighted by atomic mass is 14.0. The van der Waals surface area contributed by atoms with Crippen LogP contribution in [0.25, 0.3) is 0 Å². The van der Waals surface area contributed by atoms with Crippen molar-refractivity contribution >= 4 is 0 Å². The molecule has 0 saturated carbocycles. The Morgan fingerprint density at radius 3 is 2.00 bits per heavy atom. The van der Waals surface area contributed by atoms with E-state index in [0.29, 0.717) is 0 Å². The quantitative estimate of drug-likeness (QED) is 0.263. The van der Waals surface area contributed by atoms with Gasteiger partial charge in [0.2, 0.25) is 0 Å². The predicted octanol–water partition coefficient (Wildman–Crippen LogP) is 6.99. The van der Waals surface area contributed by atoms with Crippen LogP contribution in [0.5, 0.6) is 0 Å². The Kier molecular flexibility index (Phi) is 14.7. The van der Waals surface area contributed by atoms with Crippen LogP contribution in [0.3, 0.4) is 0 Å². The molecule has 0 aliphatic carbocycles. The van der Waals surface area contributed by atoms with E-state index in [9.17, 15) is 0 Å². The minimum absolute atomic E-state index is 1.23. The van der Waals surface area contributed by atoms with Gasteiger partial charge in [0.15, 0.2) is 0 Å². The summed E-state index contributed by atoms with van der Waals surface area (Å²) < 4.78 is 0. The van der Waals surface area contributed by atoms with Gasteiger partial charge in [-0.05, 0) is 26.7 Å². The van der Waals surface area contributed by atoms with Gasteiger partial charge < -0.3 is 0 Å². The van der Waals surface area contributed by atoms with E-state index in [-0.39, 0.29) is 0 Å². The van der Waals surface area contributed by atoms with Gasteiger partial charge in [-0.3, -0.25) is 0 Å². The van der Waals surface area contributed by atoms with Crippen molar-refractivity contribution in [1.82, 2.24) is 0 Å². The van der Waals surface area contributed by atoms with E-state index in [1.54, 1.807) is 0 Å². The van der Waals surface area contributed by atoms with Crippen LogP contribution in [0.4, 0.5) is 0 Å². The lowest BCUT2D eigenvalue weighted by Crippen LogP contribution is -1.80. The van der Waals surface area contributed by atoms with Crippen LogP contribution < -0.4 is 0 Å². The summed E-state index contributed by atoms with van der Waals surface area (Å²) in [6.45, 7) is 6.49. The van der Waals surface area contributed by atoms with Crippen LogP contribution >= 0.6 is 0 Å². The van der Waals surface area contributed by atoms with Crippen molar-refractivity contribution in [2.24, 2.45) is 0 Å². The zero-order valence-corrected chi connectivity index (χ0v) is 13.5. The molecule has 0 bridgehead atoms. The first kappa shape index (κ1) is 18.2. The van der Waals surface area contributed by atoms with Crippen molar-refractivity contribution in [1.29, 1.82) is 0 Å². The second kappa shape index (κ2) is 15.3. The molecule has 0 aliphatic heterocycles. The zero-order valence-electron chi connectivity index (χ0n) is 13.5. The SMILES string of the molecule is CC=CC=C(C)C=CCCCCCCCCCCC.